The van der Waals surface area contributed by atoms with Crippen LogP contribution in [-0.4, -0.2) is 70.2 Å². The number of carboxylic acid groups (broad SMARTS) is 2. The molecule has 0 fully saturated rings. The fraction of sp³-hybridized carbons (Fsp3) is 0.382. The lowest BCUT2D eigenvalue weighted by Gasteiger charge is -2.25. The number of hydrogen-bond acceptors (Lipinski definition) is 9. The summed E-state index contributed by atoms with van der Waals surface area (Å²) in [7, 11) is 0. The Morgan fingerprint density at radius 1 is 1.10 bits per heavy atom. The van der Waals surface area contributed by atoms with Crippen molar-refractivity contribution in [3.63, 3.8) is 0 Å². The molecule has 52 heavy (non-hydrogen) atoms. The summed E-state index contributed by atoms with van der Waals surface area (Å²) in [5.41, 5.74) is 1.75. The first-order valence-electron chi connectivity index (χ1n) is 15.6. The third-order valence-electron chi connectivity index (χ3n) is 6.94. The predicted octanol–water partition coefficient (Wildman–Crippen LogP) is 3.12. The van der Waals surface area contributed by atoms with Crippen LogP contribution < -0.4 is 25.5 Å². The van der Waals surface area contributed by atoms with Gasteiger partial charge in [-0.25, -0.2) is 9.37 Å². The molecule has 0 saturated carbocycles. The molecule has 282 valence electrons. The Kier molecular flexibility index (Phi) is 17.5. The van der Waals surface area contributed by atoms with Gasteiger partial charge in [-0.15, -0.1) is 11.8 Å². The first-order valence-corrected chi connectivity index (χ1v) is 17.1. The van der Waals surface area contributed by atoms with Crippen molar-refractivity contribution in [2.45, 2.75) is 64.0 Å². The molecule has 0 aliphatic carbocycles. The molecule has 1 heterocycles. The third kappa shape index (κ3) is 14.8. The zero-order valence-corrected chi connectivity index (χ0v) is 29.8. The van der Waals surface area contributed by atoms with Gasteiger partial charge in [0.15, 0.2) is 5.78 Å². The quantitative estimate of drug-likeness (QED) is 0.172. The summed E-state index contributed by atoms with van der Waals surface area (Å²) >= 11 is 7.10. The van der Waals surface area contributed by atoms with Gasteiger partial charge in [0.1, 0.15) is 29.8 Å². The molecule has 0 aliphatic heterocycles. The van der Waals surface area contributed by atoms with Crippen molar-refractivity contribution < 1.29 is 61.5 Å². The maximum absolute atomic E-state index is 14.1. The van der Waals surface area contributed by atoms with Crippen molar-refractivity contribution in [3.05, 3.63) is 88.2 Å². The number of H-pyrrole nitrogens is 1. The number of nitrogens with one attached hydrogen (secondary N) is 3. The van der Waals surface area contributed by atoms with Gasteiger partial charge < -0.3 is 30.4 Å². The number of aromatic nitrogens is 2. The van der Waals surface area contributed by atoms with Gasteiger partial charge in [-0.2, -0.15) is 13.2 Å². The molecule has 4 N–H and O–H groups in total. The molecule has 0 spiro atoms. The highest BCUT2D eigenvalue weighted by atomic mass is 35.5. The van der Waals surface area contributed by atoms with Crippen LogP contribution in [-0.2, 0) is 42.6 Å². The SMILES string of the molecule is CCOc1ccc(Cc2nccc[nH+]2)cc1CC(=O)N[C@H](C(=O)N[C@@H](CC(=O)O)C(=O)CSCc1c(F)cccc1Cl)C(C)C.O=C([O-])C(F)(F)F. The van der Waals surface area contributed by atoms with Gasteiger partial charge in [0.25, 0.3) is 5.82 Å². The number of ketones is 1. The number of hydrogen-bond donors (Lipinski definition) is 3. The van der Waals surface area contributed by atoms with Gasteiger partial charge in [-0.1, -0.05) is 48.6 Å². The number of aliphatic carboxylic acids is 2. The molecular weight excluding hydrogens is 736 g/mol. The van der Waals surface area contributed by atoms with E-state index < -0.39 is 60.0 Å². The molecule has 3 aromatic rings. The number of carboxylic acids is 2. The van der Waals surface area contributed by atoms with Gasteiger partial charge in [0.05, 0.1) is 43.9 Å². The zero-order valence-electron chi connectivity index (χ0n) is 28.2. The maximum Gasteiger partial charge on any atom is 0.430 e. The van der Waals surface area contributed by atoms with Crippen LogP contribution in [0.5, 0.6) is 5.75 Å². The monoisotopic (exact) mass is 772 g/mol. The van der Waals surface area contributed by atoms with E-state index in [4.69, 9.17) is 26.2 Å². The van der Waals surface area contributed by atoms with Crippen molar-refractivity contribution in [1.29, 1.82) is 0 Å². The number of rotatable bonds is 17. The number of Topliss-reactive ketones (excluding diaryl/α,β-unsaturated/α-hetero) is 1. The second kappa shape index (κ2) is 20.9. The molecule has 0 unspecified atom stereocenters. The molecule has 2 aromatic carbocycles. The van der Waals surface area contributed by atoms with E-state index in [0.717, 1.165) is 23.1 Å². The molecule has 18 heteroatoms. The minimum absolute atomic E-state index is 0.0840. The van der Waals surface area contributed by atoms with Crippen molar-refractivity contribution in [3.8, 4) is 5.75 Å². The minimum Gasteiger partial charge on any atom is -0.542 e. The van der Waals surface area contributed by atoms with Crippen LogP contribution in [0.1, 0.15) is 49.7 Å². The number of nitrogens with zero attached hydrogens (tertiary/aromatic N) is 1. The summed E-state index contributed by atoms with van der Waals surface area (Å²) in [6.45, 7) is 5.68. The molecule has 2 amide bonds. The molecule has 0 radical (unpaired) electrons. The van der Waals surface area contributed by atoms with Crippen molar-refractivity contribution >= 4 is 52.9 Å². The van der Waals surface area contributed by atoms with Crippen LogP contribution in [0, 0.1) is 11.7 Å². The molecule has 0 bridgehead atoms. The van der Waals surface area contributed by atoms with Gasteiger partial charge in [0, 0.05) is 28.0 Å². The lowest BCUT2D eigenvalue weighted by Crippen LogP contribution is -2.54. The molecule has 0 aliphatic rings. The van der Waals surface area contributed by atoms with Crippen LogP contribution >= 0.6 is 23.4 Å². The molecule has 1 aromatic heterocycles. The van der Waals surface area contributed by atoms with Crippen molar-refractivity contribution in [2.24, 2.45) is 5.92 Å². The second-order valence-electron chi connectivity index (χ2n) is 11.3. The Morgan fingerprint density at radius 2 is 1.79 bits per heavy atom. The number of carbonyl (C=O) groups is 5. The third-order valence-corrected chi connectivity index (χ3v) is 8.28. The number of carbonyl (C=O) groups excluding carboxylic acids is 4. The predicted molar refractivity (Wildman–Crippen MR) is 180 cm³/mol. The first kappa shape index (κ1) is 43.4. The normalized spacial score (nSPS) is 12.2. The Bertz CT molecular complexity index is 1680. The Hall–Kier alpha value is -4.77. The van der Waals surface area contributed by atoms with Gasteiger partial charge >= 0.3 is 12.1 Å². The highest BCUT2D eigenvalue weighted by Gasteiger charge is 2.31. The molecular formula is C34H37ClF4N4O8S. The molecule has 2 atom stereocenters. The van der Waals surface area contributed by atoms with Gasteiger partial charge in [-0.3, -0.25) is 19.2 Å². The highest BCUT2D eigenvalue weighted by Crippen LogP contribution is 2.25. The number of amides is 2. The Morgan fingerprint density at radius 3 is 2.35 bits per heavy atom. The number of thioether (sulfide) groups is 1. The number of benzene rings is 2. The van der Waals surface area contributed by atoms with E-state index in [1.807, 2.05) is 19.1 Å². The first-order chi connectivity index (χ1) is 24.4. The van der Waals surface area contributed by atoms with Crippen LogP contribution in [0.25, 0.3) is 0 Å². The van der Waals surface area contributed by atoms with E-state index >= 15 is 0 Å². The van der Waals surface area contributed by atoms with Crippen molar-refractivity contribution in [1.82, 2.24) is 15.6 Å². The largest absolute Gasteiger partial charge is 0.542 e. The van der Waals surface area contributed by atoms with E-state index in [1.165, 1.54) is 18.2 Å². The average molecular weight is 773 g/mol. The van der Waals surface area contributed by atoms with Crippen LogP contribution in [0.3, 0.4) is 0 Å². The maximum atomic E-state index is 14.1. The van der Waals surface area contributed by atoms with Gasteiger partial charge in [0.2, 0.25) is 11.8 Å². The summed E-state index contributed by atoms with van der Waals surface area (Å²) < 4.78 is 51.4. The van der Waals surface area contributed by atoms with E-state index in [0.29, 0.717) is 24.3 Å². The second-order valence-corrected chi connectivity index (χ2v) is 12.7. The summed E-state index contributed by atoms with van der Waals surface area (Å²) in [5, 5.41) is 23.6. The van der Waals surface area contributed by atoms with Crippen molar-refractivity contribution in [2.75, 3.05) is 12.4 Å². The highest BCUT2D eigenvalue weighted by molar-refractivity contribution is 7.99. The Labute approximate surface area is 305 Å². The lowest BCUT2D eigenvalue weighted by atomic mass is 10.0. The number of alkyl halides is 3. The zero-order chi connectivity index (χ0) is 39.0. The van der Waals surface area contributed by atoms with Crippen LogP contribution in [0.4, 0.5) is 17.6 Å². The fourth-order valence-electron chi connectivity index (χ4n) is 4.46. The number of aromatic amines is 1. The fourth-order valence-corrected chi connectivity index (χ4v) is 5.77. The van der Waals surface area contributed by atoms with E-state index in [9.17, 15) is 41.8 Å². The molecule has 3 rings (SSSR count). The number of halogens is 5. The number of ether oxygens (including phenoxy) is 1. The Balaban J connectivity index is 0.00000121. The summed E-state index contributed by atoms with van der Waals surface area (Å²) in [5.74, 6) is -5.71. The van der Waals surface area contributed by atoms with E-state index in [-0.39, 0.29) is 34.4 Å². The lowest BCUT2D eigenvalue weighted by molar-refractivity contribution is -0.394. The van der Waals surface area contributed by atoms with E-state index in [2.05, 4.69) is 20.6 Å². The van der Waals surface area contributed by atoms with E-state index in [1.54, 1.807) is 38.4 Å². The van der Waals surface area contributed by atoms with Gasteiger partial charge in [-0.05, 0) is 36.6 Å². The molecule has 12 nitrogen and oxygen atoms in total. The summed E-state index contributed by atoms with van der Waals surface area (Å²) in [6, 6.07) is 9.18. The summed E-state index contributed by atoms with van der Waals surface area (Å²) in [4.78, 5) is 67.2. The average Bonchev–Trinajstić information content (AvgIpc) is 3.05. The standard InChI is InChI=1S/C32H36ClFN4O6S.C2HF3O2/c1-4-44-27-10-9-20(14-28-35-11-6-12-36-28)13-21(27)15-29(40)38-31(19(2)3)32(43)37-25(16-30(41)42)26(39)18-45-17-22-23(33)7-5-8-24(22)34;3-2(4,5)1(6)7/h5-13,19,25,31H,4,14-18H2,1-3H3,(H,37,43)(H,38,40)(H,41,42);(H,6,7)/t25-,31-;/m0./s1. The smallest absolute Gasteiger partial charge is 0.430 e. The minimum atomic E-state index is -5.19. The topological polar surface area (TPSA) is 189 Å². The summed E-state index contributed by atoms with van der Waals surface area (Å²) in [6.07, 6.45) is -1.97. The molecule has 0 saturated heterocycles. The van der Waals surface area contributed by atoms with Crippen LogP contribution in [0.15, 0.2) is 54.9 Å². The van der Waals surface area contributed by atoms with Crippen LogP contribution in [0.2, 0.25) is 5.02 Å².